The Kier molecular flexibility index (Phi) is 2.79. The Bertz CT molecular complexity index is 215. The van der Waals surface area contributed by atoms with Crippen molar-refractivity contribution in [1.29, 1.82) is 0 Å². The molecule has 1 aromatic rings. The molecule has 10 heavy (non-hydrogen) atoms. The first-order valence-electron chi connectivity index (χ1n) is 2.94. The Morgan fingerprint density at radius 2 is 2.50 bits per heavy atom. The molecule has 0 saturated carbocycles. The van der Waals surface area contributed by atoms with E-state index in [0.717, 1.165) is 5.32 Å². The number of aryl methyl sites for hydroxylation is 1. The monoisotopic (exact) mass is 163 g/mol. The van der Waals surface area contributed by atoms with E-state index in [1.165, 1.54) is 5.56 Å². The van der Waals surface area contributed by atoms with Crippen molar-refractivity contribution in [3.8, 4) is 0 Å². The summed E-state index contributed by atoms with van der Waals surface area (Å²) in [5, 5.41) is 1.11. The van der Waals surface area contributed by atoms with Crippen molar-refractivity contribution in [2.45, 2.75) is 6.92 Å². The van der Waals surface area contributed by atoms with E-state index in [2.05, 4.69) is 33.0 Å². The first kappa shape index (κ1) is 7.65. The predicted molar refractivity (Wildman–Crippen MR) is 43.3 cm³/mol. The first-order valence-corrected chi connectivity index (χ1v) is 4.44. The summed E-state index contributed by atoms with van der Waals surface area (Å²) < 4.78 is 2.90. The van der Waals surface area contributed by atoms with Crippen molar-refractivity contribution in [2.24, 2.45) is 0 Å². The number of hydrogen-bond acceptors (Lipinski definition) is 2. The van der Waals surface area contributed by atoms with Gasteiger partial charge in [0.05, 0.1) is 0 Å². The maximum absolute atomic E-state index is 4.19. The number of rotatable bonds is 2. The lowest BCUT2D eigenvalue weighted by Gasteiger charge is -1.99. The molecule has 1 rings (SSSR count). The summed E-state index contributed by atoms with van der Waals surface area (Å²) in [4.78, 5) is 4.19. The molecule has 1 heterocycles. The summed E-state index contributed by atoms with van der Waals surface area (Å²) in [6.45, 7) is 2.05. The van der Waals surface area contributed by atoms with Gasteiger partial charge in [0.2, 0.25) is 0 Å². The van der Waals surface area contributed by atoms with Crippen molar-refractivity contribution in [2.75, 3.05) is 0 Å². The van der Waals surface area contributed by atoms with Gasteiger partial charge in [-0.3, -0.25) is 4.98 Å². The highest BCUT2D eigenvalue weighted by Crippen LogP contribution is 1.86. The van der Waals surface area contributed by atoms with Gasteiger partial charge in [-0.25, -0.2) is 0 Å². The smallest absolute Gasteiger partial charge is 0.197 e. The van der Waals surface area contributed by atoms with Crippen LogP contribution in [0.1, 0.15) is 5.56 Å². The molecular weight excluding hydrogens is 156 g/mol. The van der Waals surface area contributed by atoms with Crippen LogP contribution >= 0.6 is 0 Å². The Morgan fingerprint density at radius 1 is 1.70 bits per heavy atom. The van der Waals surface area contributed by atoms with E-state index in [4.69, 9.17) is 0 Å². The number of aromatic nitrogens is 1. The average Bonchev–Trinajstić information content (AvgIpc) is 1.94. The molecule has 2 nitrogen and oxygen atoms in total. The summed E-state index contributed by atoms with van der Waals surface area (Å²) in [5.41, 5.74) is 1.23. The van der Waals surface area contributed by atoms with Gasteiger partial charge >= 0.3 is 0 Å². The molecule has 5 radical (unpaired) electrons. The lowest BCUT2D eigenvalue weighted by molar-refractivity contribution is 1.32. The molecule has 49 valence electrons. The maximum Gasteiger partial charge on any atom is 0.197 e. The lowest BCUT2D eigenvalue weighted by Crippen LogP contribution is -2.32. The van der Waals surface area contributed by atoms with E-state index in [1.54, 1.807) is 6.20 Å². The van der Waals surface area contributed by atoms with Crippen LogP contribution in [0.25, 0.3) is 0 Å². The van der Waals surface area contributed by atoms with Crippen LogP contribution in [-0.2, 0) is 0 Å². The fraction of sp³-hybridized carbons (Fsp3) is 0.167. The third kappa shape index (κ3) is 1.76. The molecule has 0 amide bonds. The molecule has 0 fully saturated rings. The van der Waals surface area contributed by atoms with E-state index in [0.29, 0.717) is 9.68 Å². The molecule has 0 aliphatic heterocycles. The van der Waals surface area contributed by atoms with Gasteiger partial charge < -0.3 is 4.65 Å². The Balaban J connectivity index is 2.81. The Labute approximate surface area is 66.5 Å². The molecule has 0 aliphatic rings. The van der Waals surface area contributed by atoms with Crippen LogP contribution in [0.4, 0.5) is 0 Å². The van der Waals surface area contributed by atoms with Gasteiger partial charge in [0.1, 0.15) is 10.4 Å². The number of hydrogen-bond donors (Lipinski definition) is 1. The minimum atomic E-state index is 0.538. The van der Waals surface area contributed by atoms with Crippen LogP contribution in [0.15, 0.2) is 18.3 Å². The van der Waals surface area contributed by atoms with Gasteiger partial charge in [-0.1, -0.05) is 6.07 Å². The summed E-state index contributed by atoms with van der Waals surface area (Å²) in [5.74, 6) is 0. The summed E-state index contributed by atoms with van der Waals surface area (Å²) in [6, 6.07) is 4.00. The van der Waals surface area contributed by atoms with E-state index >= 15 is 0 Å². The zero-order valence-corrected chi connectivity index (χ0v) is 7.68. The van der Waals surface area contributed by atoms with Gasteiger partial charge in [-0.15, -0.1) is 0 Å². The minimum absolute atomic E-state index is 0.538. The third-order valence-corrected chi connectivity index (χ3v) is 2.45. The zero-order valence-electron chi connectivity index (χ0n) is 5.68. The predicted octanol–water partition coefficient (Wildman–Crippen LogP) is -0.692. The standard InChI is InChI=1S/C6H7N2Si2/c1-5-3-2-4-7-6(5)10-8-9/h2-4,8H,1H3. The molecule has 0 aromatic carbocycles. The van der Waals surface area contributed by atoms with E-state index in [9.17, 15) is 0 Å². The first-order chi connectivity index (χ1) is 4.84. The highest BCUT2D eigenvalue weighted by atomic mass is 28.3. The van der Waals surface area contributed by atoms with Gasteiger partial charge in [0, 0.05) is 11.5 Å². The maximum atomic E-state index is 4.19. The lowest BCUT2D eigenvalue weighted by atomic mass is 10.3. The van der Waals surface area contributed by atoms with E-state index in [1.807, 2.05) is 6.07 Å². The third-order valence-electron chi connectivity index (χ3n) is 1.19. The van der Waals surface area contributed by atoms with Crippen molar-refractivity contribution >= 4 is 25.4 Å². The SMILES string of the molecule is Cc1cccnc1[Si]N[Si]. The van der Waals surface area contributed by atoms with Crippen molar-refractivity contribution in [1.82, 2.24) is 9.63 Å². The molecule has 0 spiro atoms. The van der Waals surface area contributed by atoms with Crippen LogP contribution in [0.5, 0.6) is 0 Å². The fourth-order valence-corrected chi connectivity index (χ4v) is 1.57. The molecule has 1 aromatic heterocycles. The summed E-state index contributed by atoms with van der Waals surface area (Å²) in [7, 11) is 3.73. The van der Waals surface area contributed by atoms with Gasteiger partial charge in [-0.05, 0) is 18.6 Å². The second-order valence-corrected chi connectivity index (χ2v) is 3.64. The average molecular weight is 163 g/mol. The zero-order chi connectivity index (χ0) is 7.40. The highest BCUT2D eigenvalue weighted by molar-refractivity contribution is 6.55. The van der Waals surface area contributed by atoms with Crippen molar-refractivity contribution < 1.29 is 0 Å². The minimum Gasteiger partial charge on any atom is -0.360 e. The van der Waals surface area contributed by atoms with Crippen LogP contribution in [-0.4, -0.2) is 25.1 Å². The largest absolute Gasteiger partial charge is 0.360 e. The molecule has 0 bridgehead atoms. The van der Waals surface area contributed by atoms with E-state index in [-0.39, 0.29) is 0 Å². The molecular formula is C6H7N2Si2. The molecule has 0 unspecified atom stereocenters. The van der Waals surface area contributed by atoms with Crippen LogP contribution in [0.2, 0.25) is 0 Å². The Morgan fingerprint density at radius 3 is 3.10 bits per heavy atom. The van der Waals surface area contributed by atoms with Crippen LogP contribution in [0.3, 0.4) is 0 Å². The normalized spacial score (nSPS) is 9.80. The van der Waals surface area contributed by atoms with Crippen LogP contribution < -0.4 is 9.97 Å². The number of nitrogens with zero attached hydrogens (tertiary/aromatic N) is 1. The van der Waals surface area contributed by atoms with Gasteiger partial charge in [0.15, 0.2) is 9.68 Å². The molecule has 0 atom stereocenters. The van der Waals surface area contributed by atoms with E-state index < -0.39 is 0 Å². The number of pyridine rings is 1. The molecule has 1 N–H and O–H groups in total. The van der Waals surface area contributed by atoms with Crippen molar-refractivity contribution in [3.63, 3.8) is 0 Å². The van der Waals surface area contributed by atoms with Crippen molar-refractivity contribution in [3.05, 3.63) is 23.9 Å². The van der Waals surface area contributed by atoms with Gasteiger partial charge in [0.25, 0.3) is 0 Å². The summed E-state index contributed by atoms with van der Waals surface area (Å²) >= 11 is 0. The van der Waals surface area contributed by atoms with Crippen LogP contribution in [0, 0.1) is 6.92 Å². The highest BCUT2D eigenvalue weighted by Gasteiger charge is 1.96. The fourth-order valence-electron chi connectivity index (χ4n) is 0.676. The van der Waals surface area contributed by atoms with Gasteiger partial charge in [-0.2, -0.15) is 0 Å². The molecule has 0 aliphatic carbocycles. The Hall–Kier alpha value is -0.456. The quantitative estimate of drug-likeness (QED) is 0.584. The second kappa shape index (κ2) is 3.65. The summed E-state index contributed by atoms with van der Waals surface area (Å²) in [6.07, 6.45) is 1.80. The second-order valence-electron chi connectivity index (χ2n) is 1.92. The molecule has 0 saturated heterocycles. The number of nitrogens with one attached hydrogen (secondary N) is 1. The molecule has 4 heteroatoms. The topological polar surface area (TPSA) is 24.9 Å².